The first-order valence-electron chi connectivity index (χ1n) is 6.71. The topological polar surface area (TPSA) is 67.2 Å². The van der Waals surface area contributed by atoms with E-state index in [0.29, 0.717) is 17.8 Å². The molecule has 1 N–H and O–H groups in total. The van der Waals surface area contributed by atoms with Crippen LogP contribution in [0.25, 0.3) is 0 Å². The Kier molecular flexibility index (Phi) is 5.73. The highest BCUT2D eigenvalue weighted by Gasteiger charge is 2.16. The van der Waals surface area contributed by atoms with Crippen LogP contribution in [0.4, 0.5) is 0 Å². The number of hydrogen-bond donors (Lipinski definition) is 1. The number of thiophene rings is 1. The van der Waals surface area contributed by atoms with Crippen LogP contribution >= 0.6 is 27.3 Å². The molecular formula is C14H17BrN4O2S. The van der Waals surface area contributed by atoms with Crippen molar-refractivity contribution in [3.8, 4) is 0 Å². The van der Waals surface area contributed by atoms with Crippen molar-refractivity contribution in [2.45, 2.75) is 6.42 Å². The van der Waals surface area contributed by atoms with Gasteiger partial charge in [-0.15, -0.1) is 11.3 Å². The second-order valence-corrected chi connectivity index (χ2v) is 7.28. The number of hydrogen-bond acceptors (Lipinski definition) is 4. The molecule has 2 aromatic rings. The minimum absolute atomic E-state index is 0.0366. The molecule has 2 rings (SSSR count). The number of amides is 2. The molecule has 0 spiro atoms. The van der Waals surface area contributed by atoms with Crippen LogP contribution in [0.5, 0.6) is 0 Å². The smallest absolute Gasteiger partial charge is 0.264 e. The van der Waals surface area contributed by atoms with Crippen molar-refractivity contribution >= 4 is 39.1 Å². The van der Waals surface area contributed by atoms with Gasteiger partial charge in [-0.2, -0.15) is 0 Å². The molecule has 0 fully saturated rings. The van der Waals surface area contributed by atoms with Crippen molar-refractivity contribution in [2.75, 3.05) is 20.1 Å². The summed E-state index contributed by atoms with van der Waals surface area (Å²) in [4.78, 5) is 30.2. The van der Waals surface area contributed by atoms with Crippen LogP contribution in [0.15, 0.2) is 28.3 Å². The maximum atomic E-state index is 12.1. The molecule has 0 saturated carbocycles. The van der Waals surface area contributed by atoms with Gasteiger partial charge < -0.3 is 14.8 Å². The Balaban J connectivity index is 1.76. The van der Waals surface area contributed by atoms with Crippen molar-refractivity contribution < 1.29 is 9.59 Å². The van der Waals surface area contributed by atoms with Gasteiger partial charge in [-0.3, -0.25) is 9.59 Å². The first kappa shape index (κ1) is 16.7. The summed E-state index contributed by atoms with van der Waals surface area (Å²) < 4.78 is 2.81. The second-order valence-electron chi connectivity index (χ2n) is 4.82. The minimum atomic E-state index is -0.180. The molecule has 0 aliphatic rings. The number of carbonyl (C=O) groups is 2. The van der Waals surface area contributed by atoms with Gasteiger partial charge in [0, 0.05) is 39.5 Å². The number of nitrogens with zero attached hydrogens (tertiary/aromatic N) is 3. The standard InChI is InChI=1S/C14H17BrN4O2S/c1-18-8-7-16-12(18)5-6-17-13(20)9-19(2)14(21)10-3-4-11(15)22-10/h3-4,7-8H,5-6,9H2,1-2H3,(H,17,20). The van der Waals surface area contributed by atoms with Crippen LogP contribution in [0.3, 0.4) is 0 Å². The van der Waals surface area contributed by atoms with E-state index in [1.807, 2.05) is 23.9 Å². The van der Waals surface area contributed by atoms with Crippen LogP contribution in [-0.4, -0.2) is 46.4 Å². The van der Waals surface area contributed by atoms with Gasteiger partial charge in [0.05, 0.1) is 15.2 Å². The average molecular weight is 385 g/mol. The van der Waals surface area contributed by atoms with Gasteiger partial charge in [0.15, 0.2) is 0 Å². The molecule has 8 heteroatoms. The summed E-state index contributed by atoms with van der Waals surface area (Å²) in [5, 5.41) is 2.80. The monoisotopic (exact) mass is 384 g/mol. The molecule has 0 aliphatic heterocycles. The molecule has 118 valence electrons. The number of nitrogens with one attached hydrogen (secondary N) is 1. The summed E-state index contributed by atoms with van der Waals surface area (Å²) in [5.41, 5.74) is 0. The van der Waals surface area contributed by atoms with Crippen LogP contribution < -0.4 is 5.32 Å². The summed E-state index contributed by atoms with van der Waals surface area (Å²) in [6.45, 7) is 0.533. The summed E-state index contributed by atoms with van der Waals surface area (Å²) in [6, 6.07) is 3.56. The fraction of sp³-hybridized carbons (Fsp3) is 0.357. The van der Waals surface area contributed by atoms with E-state index in [-0.39, 0.29) is 18.4 Å². The molecule has 22 heavy (non-hydrogen) atoms. The van der Waals surface area contributed by atoms with Crippen molar-refractivity contribution in [3.63, 3.8) is 0 Å². The highest BCUT2D eigenvalue weighted by atomic mass is 79.9. The van der Waals surface area contributed by atoms with Crippen molar-refractivity contribution in [1.29, 1.82) is 0 Å². The predicted octanol–water partition coefficient (Wildman–Crippen LogP) is 1.68. The molecule has 0 aromatic carbocycles. The third-order valence-electron chi connectivity index (χ3n) is 3.10. The summed E-state index contributed by atoms with van der Waals surface area (Å²) in [7, 11) is 3.53. The van der Waals surface area contributed by atoms with E-state index in [2.05, 4.69) is 26.2 Å². The van der Waals surface area contributed by atoms with Gasteiger partial charge in [0.1, 0.15) is 5.82 Å². The number of aryl methyl sites for hydroxylation is 1. The molecular weight excluding hydrogens is 368 g/mol. The van der Waals surface area contributed by atoms with Gasteiger partial charge in [0.25, 0.3) is 5.91 Å². The maximum Gasteiger partial charge on any atom is 0.264 e. The van der Waals surface area contributed by atoms with E-state index in [1.54, 1.807) is 19.3 Å². The normalized spacial score (nSPS) is 10.5. The zero-order valence-electron chi connectivity index (χ0n) is 12.4. The van der Waals surface area contributed by atoms with E-state index in [1.165, 1.54) is 16.2 Å². The molecule has 0 atom stereocenters. The number of rotatable bonds is 6. The number of imidazole rings is 1. The molecule has 0 bridgehead atoms. The van der Waals surface area contributed by atoms with Gasteiger partial charge >= 0.3 is 0 Å². The first-order valence-corrected chi connectivity index (χ1v) is 8.32. The molecule has 2 aromatic heterocycles. The van der Waals surface area contributed by atoms with Crippen LogP contribution in [-0.2, 0) is 18.3 Å². The molecule has 2 amide bonds. The Morgan fingerprint density at radius 2 is 2.23 bits per heavy atom. The minimum Gasteiger partial charge on any atom is -0.354 e. The van der Waals surface area contributed by atoms with Gasteiger partial charge in [0.2, 0.25) is 5.91 Å². The second kappa shape index (κ2) is 7.55. The molecule has 0 aliphatic carbocycles. The van der Waals surface area contributed by atoms with Gasteiger partial charge in [-0.05, 0) is 28.1 Å². The highest BCUT2D eigenvalue weighted by molar-refractivity contribution is 9.11. The third-order valence-corrected chi connectivity index (χ3v) is 4.71. The molecule has 2 heterocycles. The molecule has 6 nitrogen and oxygen atoms in total. The Morgan fingerprint density at radius 1 is 1.45 bits per heavy atom. The Hall–Kier alpha value is -1.67. The Bertz CT molecular complexity index is 667. The fourth-order valence-corrected chi connectivity index (χ4v) is 3.29. The lowest BCUT2D eigenvalue weighted by atomic mass is 10.3. The lowest BCUT2D eigenvalue weighted by Gasteiger charge is -2.15. The first-order chi connectivity index (χ1) is 10.5. The summed E-state index contributed by atoms with van der Waals surface area (Å²) in [5.74, 6) is 0.573. The van der Waals surface area contributed by atoms with Crippen LogP contribution in [0.1, 0.15) is 15.5 Å². The van der Waals surface area contributed by atoms with Crippen molar-refractivity contribution in [3.05, 3.63) is 39.0 Å². The number of likely N-dealkylation sites (N-methyl/N-ethyl adjacent to an activating group) is 1. The Morgan fingerprint density at radius 3 is 2.82 bits per heavy atom. The largest absolute Gasteiger partial charge is 0.354 e. The highest BCUT2D eigenvalue weighted by Crippen LogP contribution is 2.22. The number of halogens is 1. The fourth-order valence-electron chi connectivity index (χ4n) is 1.91. The molecule has 0 radical (unpaired) electrons. The van der Waals surface area contributed by atoms with E-state index >= 15 is 0 Å². The van der Waals surface area contributed by atoms with Gasteiger partial charge in [-0.25, -0.2) is 4.98 Å². The molecule has 0 saturated heterocycles. The van der Waals surface area contributed by atoms with Crippen molar-refractivity contribution in [1.82, 2.24) is 19.8 Å². The average Bonchev–Trinajstić information content (AvgIpc) is 3.07. The van der Waals surface area contributed by atoms with E-state index in [0.717, 1.165) is 9.61 Å². The van der Waals surface area contributed by atoms with E-state index in [4.69, 9.17) is 0 Å². The third kappa shape index (κ3) is 4.41. The number of aromatic nitrogens is 2. The summed E-state index contributed by atoms with van der Waals surface area (Å²) in [6.07, 6.45) is 4.25. The van der Waals surface area contributed by atoms with Crippen molar-refractivity contribution in [2.24, 2.45) is 7.05 Å². The lowest BCUT2D eigenvalue weighted by molar-refractivity contribution is -0.121. The SMILES string of the molecule is CN(CC(=O)NCCc1nccn1C)C(=O)c1ccc(Br)s1. The summed E-state index contributed by atoms with van der Waals surface area (Å²) >= 11 is 4.67. The number of carbonyl (C=O) groups excluding carboxylic acids is 2. The van der Waals surface area contributed by atoms with E-state index < -0.39 is 0 Å². The predicted molar refractivity (Wildman–Crippen MR) is 88.9 cm³/mol. The van der Waals surface area contributed by atoms with Crippen LogP contribution in [0, 0.1) is 0 Å². The maximum absolute atomic E-state index is 12.1. The Labute approximate surface area is 141 Å². The zero-order chi connectivity index (χ0) is 16.1. The lowest BCUT2D eigenvalue weighted by Crippen LogP contribution is -2.38. The van der Waals surface area contributed by atoms with Gasteiger partial charge in [-0.1, -0.05) is 0 Å². The zero-order valence-corrected chi connectivity index (χ0v) is 14.8. The quantitative estimate of drug-likeness (QED) is 0.823. The molecule has 0 unspecified atom stereocenters. The van der Waals surface area contributed by atoms with E-state index in [9.17, 15) is 9.59 Å². The van der Waals surface area contributed by atoms with Crippen LogP contribution in [0.2, 0.25) is 0 Å².